The molecule has 0 spiro atoms. The lowest BCUT2D eigenvalue weighted by Crippen LogP contribution is -1.86. The molecule has 4 nitrogen and oxygen atoms in total. The molecule has 0 atom stereocenters. The summed E-state index contributed by atoms with van der Waals surface area (Å²) in [7, 11) is 0. The Morgan fingerprint density at radius 2 is 0.708 bits per heavy atom. The maximum atomic E-state index is 6.50. The Bertz CT molecular complexity index is 2630. The van der Waals surface area contributed by atoms with Gasteiger partial charge in [-0.3, -0.25) is 0 Å². The van der Waals surface area contributed by atoms with Crippen molar-refractivity contribution in [3.05, 3.63) is 158 Å². The zero-order chi connectivity index (χ0) is 31.6. The Morgan fingerprint density at radius 1 is 0.312 bits per heavy atom. The van der Waals surface area contributed by atoms with Gasteiger partial charge >= 0.3 is 0 Å². The molecule has 0 aliphatic rings. The molecule has 0 saturated carbocycles. The molecule has 4 heteroatoms. The van der Waals surface area contributed by atoms with Gasteiger partial charge in [-0.1, -0.05) is 97.1 Å². The molecule has 0 aliphatic carbocycles. The van der Waals surface area contributed by atoms with Crippen molar-refractivity contribution in [1.82, 2.24) is 0 Å². The molecule has 0 amide bonds. The van der Waals surface area contributed by atoms with Gasteiger partial charge in [-0.15, -0.1) is 0 Å². The summed E-state index contributed by atoms with van der Waals surface area (Å²) in [6.07, 6.45) is 0. The number of ether oxygens (including phenoxy) is 2. The first kappa shape index (κ1) is 26.7. The SMILES string of the molecule is c1ccc(Oc2cc3c4cc(-c5ccc6oc7c8ccccc8c(Oc8ccccc8)cc7c6c5)ccc4oc3c3ccccc23)cc1. The molecule has 0 saturated heterocycles. The van der Waals surface area contributed by atoms with Crippen molar-refractivity contribution < 1.29 is 18.3 Å². The Balaban J connectivity index is 1.14. The monoisotopic (exact) mass is 618 g/mol. The van der Waals surface area contributed by atoms with Gasteiger partial charge in [-0.25, -0.2) is 0 Å². The van der Waals surface area contributed by atoms with Gasteiger partial charge in [0.05, 0.1) is 0 Å². The molecular formula is C44H26O4. The summed E-state index contributed by atoms with van der Waals surface area (Å²) < 4.78 is 25.8. The molecule has 0 bridgehead atoms. The third-order valence-electron chi connectivity index (χ3n) is 9.15. The quantitative estimate of drug-likeness (QED) is 0.192. The molecule has 0 N–H and O–H groups in total. The lowest BCUT2D eigenvalue weighted by atomic mass is 9.99. The van der Waals surface area contributed by atoms with Gasteiger partial charge in [0.15, 0.2) is 0 Å². The van der Waals surface area contributed by atoms with Crippen LogP contribution in [0.3, 0.4) is 0 Å². The van der Waals surface area contributed by atoms with Gasteiger partial charge < -0.3 is 18.3 Å². The Morgan fingerprint density at radius 3 is 1.15 bits per heavy atom. The molecule has 0 aliphatic heterocycles. The van der Waals surface area contributed by atoms with Gasteiger partial charge in [-0.05, 0) is 71.8 Å². The van der Waals surface area contributed by atoms with Gasteiger partial charge in [0.1, 0.15) is 45.3 Å². The van der Waals surface area contributed by atoms with E-state index in [9.17, 15) is 0 Å². The van der Waals surface area contributed by atoms with Crippen LogP contribution in [0.15, 0.2) is 167 Å². The minimum absolute atomic E-state index is 0.793. The maximum absolute atomic E-state index is 6.50. The van der Waals surface area contributed by atoms with E-state index in [0.29, 0.717) is 0 Å². The van der Waals surface area contributed by atoms with Crippen molar-refractivity contribution in [2.24, 2.45) is 0 Å². The number of furan rings is 2. The predicted molar refractivity (Wildman–Crippen MR) is 194 cm³/mol. The second-order valence-electron chi connectivity index (χ2n) is 12.1. The van der Waals surface area contributed by atoms with E-state index < -0.39 is 0 Å². The summed E-state index contributed by atoms with van der Waals surface area (Å²) in [6.45, 7) is 0. The number of rotatable bonds is 5. The Hall–Kier alpha value is -6.52. The van der Waals surface area contributed by atoms with Crippen molar-refractivity contribution in [2.45, 2.75) is 0 Å². The average Bonchev–Trinajstić information content (AvgIpc) is 3.70. The van der Waals surface area contributed by atoms with Crippen LogP contribution in [0.2, 0.25) is 0 Å². The number of hydrogen-bond donors (Lipinski definition) is 0. The summed E-state index contributed by atoms with van der Waals surface area (Å²) in [5.74, 6) is 3.18. The Kier molecular flexibility index (Phi) is 5.84. The van der Waals surface area contributed by atoms with E-state index in [4.69, 9.17) is 18.3 Å². The standard InChI is InChI=1S/C44H26O4/c1-3-11-29(12-4-1)45-41-25-37-35-23-27(19-21-39(35)47-43(37)33-17-9-7-15-31(33)41)28-20-22-40-36(24-28)38-26-42(46-30-13-5-2-6-14-30)32-16-8-10-18-34(32)44(38)48-40/h1-26H. The molecule has 48 heavy (non-hydrogen) atoms. The van der Waals surface area contributed by atoms with E-state index in [1.54, 1.807) is 0 Å². The second kappa shape index (κ2) is 10.5. The minimum Gasteiger partial charge on any atom is -0.457 e. The average molecular weight is 619 g/mol. The zero-order valence-corrected chi connectivity index (χ0v) is 25.6. The highest BCUT2D eigenvalue weighted by Gasteiger charge is 2.18. The summed E-state index contributed by atoms with van der Waals surface area (Å²) >= 11 is 0. The van der Waals surface area contributed by atoms with Gasteiger partial charge in [0, 0.05) is 43.1 Å². The fraction of sp³-hybridized carbons (Fsp3) is 0. The van der Waals surface area contributed by atoms with Crippen molar-refractivity contribution in [3.63, 3.8) is 0 Å². The highest BCUT2D eigenvalue weighted by Crippen LogP contribution is 2.44. The van der Waals surface area contributed by atoms with Crippen LogP contribution in [-0.2, 0) is 0 Å². The molecule has 8 aromatic carbocycles. The van der Waals surface area contributed by atoms with Crippen molar-refractivity contribution in [2.75, 3.05) is 0 Å². The van der Waals surface area contributed by atoms with Crippen LogP contribution >= 0.6 is 0 Å². The molecule has 0 radical (unpaired) electrons. The molecule has 10 rings (SSSR count). The molecular weight excluding hydrogens is 592 g/mol. The minimum atomic E-state index is 0.793. The van der Waals surface area contributed by atoms with Crippen LogP contribution in [-0.4, -0.2) is 0 Å². The van der Waals surface area contributed by atoms with Crippen molar-refractivity contribution in [3.8, 4) is 34.1 Å². The van der Waals surface area contributed by atoms with Crippen LogP contribution in [0.4, 0.5) is 0 Å². The summed E-state index contributed by atoms with van der Waals surface area (Å²) in [5.41, 5.74) is 5.54. The van der Waals surface area contributed by atoms with Crippen molar-refractivity contribution in [1.29, 1.82) is 0 Å². The highest BCUT2D eigenvalue weighted by atomic mass is 16.5. The lowest BCUT2D eigenvalue weighted by molar-refractivity contribution is 0.488. The van der Waals surface area contributed by atoms with Gasteiger partial charge in [-0.2, -0.15) is 0 Å². The van der Waals surface area contributed by atoms with E-state index in [0.717, 1.165) is 99.5 Å². The zero-order valence-electron chi connectivity index (χ0n) is 25.6. The summed E-state index contributed by atoms with van der Waals surface area (Å²) in [5, 5.41) is 8.15. The first-order valence-corrected chi connectivity index (χ1v) is 16.0. The van der Waals surface area contributed by atoms with E-state index in [-0.39, 0.29) is 0 Å². The summed E-state index contributed by atoms with van der Waals surface area (Å²) in [6, 6.07) is 53.3. The molecule has 0 unspecified atom stereocenters. The van der Waals surface area contributed by atoms with E-state index in [2.05, 4.69) is 72.8 Å². The van der Waals surface area contributed by atoms with Crippen LogP contribution in [0.1, 0.15) is 0 Å². The normalized spacial score (nSPS) is 11.8. The first-order chi connectivity index (χ1) is 23.8. The van der Waals surface area contributed by atoms with E-state index >= 15 is 0 Å². The third-order valence-corrected chi connectivity index (χ3v) is 9.15. The molecule has 2 aromatic heterocycles. The maximum Gasteiger partial charge on any atom is 0.143 e. The highest BCUT2D eigenvalue weighted by molar-refractivity contribution is 6.19. The van der Waals surface area contributed by atoms with Crippen LogP contribution < -0.4 is 9.47 Å². The summed E-state index contributed by atoms with van der Waals surface area (Å²) in [4.78, 5) is 0. The largest absolute Gasteiger partial charge is 0.457 e. The van der Waals surface area contributed by atoms with E-state index in [1.165, 1.54) is 0 Å². The third kappa shape index (κ3) is 4.24. The number of fused-ring (bicyclic) bond motifs is 10. The van der Waals surface area contributed by atoms with Crippen LogP contribution in [0.25, 0.3) is 76.5 Å². The molecule has 226 valence electrons. The number of benzene rings is 8. The topological polar surface area (TPSA) is 44.7 Å². The van der Waals surface area contributed by atoms with E-state index in [1.807, 2.05) is 84.9 Å². The Labute approximate surface area is 275 Å². The molecule has 0 fully saturated rings. The van der Waals surface area contributed by atoms with Crippen molar-refractivity contribution >= 4 is 65.4 Å². The van der Waals surface area contributed by atoms with Crippen LogP contribution in [0.5, 0.6) is 23.0 Å². The second-order valence-corrected chi connectivity index (χ2v) is 12.1. The smallest absolute Gasteiger partial charge is 0.143 e. The number of hydrogen-bond acceptors (Lipinski definition) is 4. The first-order valence-electron chi connectivity index (χ1n) is 16.0. The molecule has 2 heterocycles. The fourth-order valence-corrected chi connectivity index (χ4v) is 6.89. The fourth-order valence-electron chi connectivity index (χ4n) is 6.89. The van der Waals surface area contributed by atoms with Gasteiger partial charge in [0.25, 0.3) is 0 Å². The number of para-hydroxylation sites is 2. The van der Waals surface area contributed by atoms with Gasteiger partial charge in [0.2, 0.25) is 0 Å². The molecule has 10 aromatic rings. The van der Waals surface area contributed by atoms with Crippen LogP contribution in [0, 0.1) is 0 Å². The lowest BCUT2D eigenvalue weighted by Gasteiger charge is -2.10. The predicted octanol–water partition coefficient (Wildman–Crippen LogP) is 13.0.